The van der Waals surface area contributed by atoms with Crippen molar-refractivity contribution in [1.29, 1.82) is 0 Å². The lowest BCUT2D eigenvalue weighted by molar-refractivity contribution is -0.227. The van der Waals surface area contributed by atoms with Crippen LogP contribution >= 0.6 is 0 Å². The van der Waals surface area contributed by atoms with Crippen LogP contribution in [0.25, 0.3) is 0 Å². The van der Waals surface area contributed by atoms with E-state index in [0.29, 0.717) is 0 Å². The van der Waals surface area contributed by atoms with Crippen molar-refractivity contribution in [2.45, 2.75) is 63.6 Å². The number of nitrogens with two attached hydrogens (primary N) is 1. The number of hydrogen-bond acceptors (Lipinski definition) is 6. The molecule has 2 N–H and O–H groups in total. The lowest BCUT2D eigenvalue weighted by Gasteiger charge is -2.42. The summed E-state index contributed by atoms with van der Waals surface area (Å²) in [6.45, 7) is 6.01. The molecule has 30 heavy (non-hydrogen) atoms. The van der Waals surface area contributed by atoms with Gasteiger partial charge in [0.05, 0.1) is 18.6 Å². The monoisotopic (exact) mass is 432 g/mol. The molecule has 0 amide bonds. The van der Waals surface area contributed by atoms with Gasteiger partial charge in [-0.2, -0.15) is 13.2 Å². The number of anilines is 1. The molecule has 1 aromatic carbocycles. The lowest BCUT2D eigenvalue weighted by Crippen LogP contribution is -2.54. The Morgan fingerprint density at radius 2 is 2.00 bits per heavy atom. The first-order valence-electron chi connectivity index (χ1n) is 9.44. The first kappa shape index (κ1) is 22.3. The molecular formula is C20H24F4N2O4. The maximum atomic E-state index is 14.8. The highest BCUT2D eigenvalue weighted by Gasteiger charge is 2.64. The number of hydrogen-bond donors (Lipinski definition) is 1. The van der Waals surface area contributed by atoms with Crippen LogP contribution in [0.3, 0.4) is 0 Å². The largest absolute Gasteiger partial charge is 0.467 e. The van der Waals surface area contributed by atoms with Crippen molar-refractivity contribution in [3.05, 3.63) is 29.6 Å². The second-order valence-electron chi connectivity index (χ2n) is 8.55. The van der Waals surface area contributed by atoms with Crippen molar-refractivity contribution in [1.82, 2.24) is 0 Å². The van der Waals surface area contributed by atoms with E-state index in [-0.39, 0.29) is 17.9 Å². The van der Waals surface area contributed by atoms with Crippen molar-refractivity contribution < 1.29 is 36.6 Å². The molecule has 1 saturated heterocycles. The van der Waals surface area contributed by atoms with E-state index < -0.39 is 59.5 Å². The topological polar surface area (TPSA) is 83.1 Å². The van der Waals surface area contributed by atoms with E-state index in [1.165, 1.54) is 19.1 Å². The standard InChI is InChI=1S/C20H24F4N2O4/c1-10-16-17(20(22,23)24)29-14(8-15(27)30-18(2,3)4)26-19(16,9-28-10)12-7-11(25)5-6-13(12)21/h5-7,10,16-17H,8-9,25H2,1-4H3/t10-,16+,17+,19?/m1/s1. The van der Waals surface area contributed by atoms with Crippen molar-refractivity contribution in [3.8, 4) is 0 Å². The van der Waals surface area contributed by atoms with E-state index in [9.17, 15) is 22.4 Å². The minimum Gasteiger partial charge on any atom is -0.467 e. The van der Waals surface area contributed by atoms with Crippen LogP contribution < -0.4 is 5.73 Å². The predicted molar refractivity (Wildman–Crippen MR) is 100 cm³/mol. The highest BCUT2D eigenvalue weighted by Crippen LogP contribution is 2.52. The molecule has 4 atom stereocenters. The van der Waals surface area contributed by atoms with Crippen molar-refractivity contribution in [2.24, 2.45) is 10.9 Å². The van der Waals surface area contributed by atoms with Crippen LogP contribution in [0, 0.1) is 11.7 Å². The summed E-state index contributed by atoms with van der Waals surface area (Å²) >= 11 is 0. The summed E-state index contributed by atoms with van der Waals surface area (Å²) in [6, 6.07) is 3.62. The highest BCUT2D eigenvalue weighted by molar-refractivity contribution is 5.95. The number of fused-ring (bicyclic) bond motifs is 1. The summed E-state index contributed by atoms with van der Waals surface area (Å²) in [5.41, 5.74) is 3.22. The van der Waals surface area contributed by atoms with E-state index in [2.05, 4.69) is 4.99 Å². The quantitative estimate of drug-likeness (QED) is 0.447. The van der Waals surface area contributed by atoms with Crippen molar-refractivity contribution in [3.63, 3.8) is 0 Å². The summed E-state index contributed by atoms with van der Waals surface area (Å²) in [4.78, 5) is 16.5. The number of rotatable bonds is 3. The summed E-state index contributed by atoms with van der Waals surface area (Å²) < 4.78 is 72.3. The number of aliphatic imine (C=N–C) groups is 1. The summed E-state index contributed by atoms with van der Waals surface area (Å²) in [5.74, 6) is -3.43. The average molecular weight is 432 g/mol. The van der Waals surface area contributed by atoms with Crippen LogP contribution in [0.2, 0.25) is 0 Å². The van der Waals surface area contributed by atoms with Gasteiger partial charge in [0.2, 0.25) is 6.10 Å². The van der Waals surface area contributed by atoms with E-state index in [0.717, 1.165) is 6.07 Å². The molecule has 2 heterocycles. The number of nitrogens with zero attached hydrogens (tertiary/aromatic N) is 1. The van der Waals surface area contributed by atoms with Gasteiger partial charge in [-0.15, -0.1) is 0 Å². The van der Waals surface area contributed by atoms with Gasteiger partial charge in [0.1, 0.15) is 23.4 Å². The average Bonchev–Trinajstić information content (AvgIpc) is 2.91. The minimum absolute atomic E-state index is 0.129. The smallest absolute Gasteiger partial charge is 0.425 e. The van der Waals surface area contributed by atoms with Gasteiger partial charge in [0, 0.05) is 11.3 Å². The van der Waals surface area contributed by atoms with Crippen LogP contribution in [-0.2, 0) is 24.5 Å². The Kier molecular flexibility index (Phi) is 5.51. The molecule has 0 bridgehead atoms. The SMILES string of the molecule is C[C@H]1OCC2(c3cc(N)ccc3F)N=C(CC(=O)OC(C)(C)C)O[C@H](C(F)(F)F)[C@H]12. The molecule has 3 rings (SSSR count). The van der Waals surface area contributed by atoms with Gasteiger partial charge in [-0.3, -0.25) is 4.79 Å². The molecule has 1 fully saturated rings. The third kappa shape index (κ3) is 4.23. The molecule has 0 saturated carbocycles. The molecule has 1 unspecified atom stereocenters. The summed E-state index contributed by atoms with van der Waals surface area (Å²) in [7, 11) is 0. The van der Waals surface area contributed by atoms with E-state index >= 15 is 0 Å². The van der Waals surface area contributed by atoms with Gasteiger partial charge in [0.25, 0.3) is 0 Å². The third-order valence-electron chi connectivity index (χ3n) is 5.03. The van der Waals surface area contributed by atoms with Crippen LogP contribution in [0.15, 0.2) is 23.2 Å². The van der Waals surface area contributed by atoms with Crippen LogP contribution in [-0.4, -0.2) is 42.5 Å². The van der Waals surface area contributed by atoms with Crippen molar-refractivity contribution in [2.75, 3.05) is 12.3 Å². The zero-order valence-corrected chi connectivity index (χ0v) is 17.0. The molecule has 10 heteroatoms. The number of benzene rings is 1. The van der Waals surface area contributed by atoms with E-state index in [1.807, 2.05) is 0 Å². The molecule has 0 aliphatic carbocycles. The first-order chi connectivity index (χ1) is 13.7. The maximum Gasteiger partial charge on any atom is 0.425 e. The summed E-state index contributed by atoms with van der Waals surface area (Å²) in [5, 5.41) is 0. The van der Waals surface area contributed by atoms with Crippen LogP contribution in [0.1, 0.15) is 39.7 Å². The fourth-order valence-electron chi connectivity index (χ4n) is 3.96. The Balaban J connectivity index is 2.12. The molecular weight excluding hydrogens is 408 g/mol. The van der Waals surface area contributed by atoms with Gasteiger partial charge in [-0.05, 0) is 45.9 Å². The molecule has 2 aliphatic rings. The van der Waals surface area contributed by atoms with Crippen molar-refractivity contribution >= 4 is 17.6 Å². The molecule has 0 aromatic heterocycles. The van der Waals surface area contributed by atoms with Gasteiger partial charge >= 0.3 is 12.1 Å². The zero-order valence-electron chi connectivity index (χ0n) is 17.0. The van der Waals surface area contributed by atoms with Crippen LogP contribution in [0.4, 0.5) is 23.2 Å². The highest BCUT2D eigenvalue weighted by atomic mass is 19.4. The Morgan fingerprint density at radius 1 is 1.33 bits per heavy atom. The number of halogens is 4. The Morgan fingerprint density at radius 3 is 2.60 bits per heavy atom. The zero-order chi connectivity index (χ0) is 22.5. The number of nitrogen functional groups attached to an aromatic ring is 1. The fourth-order valence-corrected chi connectivity index (χ4v) is 3.96. The predicted octanol–water partition coefficient (Wildman–Crippen LogP) is 3.73. The Bertz CT molecular complexity index is 865. The minimum atomic E-state index is -4.80. The molecule has 2 aliphatic heterocycles. The van der Waals surface area contributed by atoms with Gasteiger partial charge in [-0.1, -0.05) is 0 Å². The third-order valence-corrected chi connectivity index (χ3v) is 5.03. The molecule has 0 spiro atoms. The number of ether oxygens (including phenoxy) is 3. The van der Waals surface area contributed by atoms with Gasteiger partial charge in [0.15, 0.2) is 5.90 Å². The Hall–Kier alpha value is -2.36. The fraction of sp³-hybridized carbons (Fsp3) is 0.600. The molecule has 1 aromatic rings. The second kappa shape index (κ2) is 7.40. The number of carbonyl (C=O) groups excluding carboxylic acids is 1. The molecule has 166 valence electrons. The number of esters is 1. The normalized spacial score (nSPS) is 29.1. The Labute approximate surface area is 171 Å². The second-order valence-corrected chi connectivity index (χ2v) is 8.55. The van der Waals surface area contributed by atoms with E-state index in [4.69, 9.17) is 19.9 Å². The van der Waals surface area contributed by atoms with Gasteiger partial charge < -0.3 is 19.9 Å². The number of alkyl halides is 3. The van der Waals surface area contributed by atoms with Gasteiger partial charge in [-0.25, -0.2) is 9.38 Å². The molecule has 0 radical (unpaired) electrons. The molecule has 6 nitrogen and oxygen atoms in total. The lowest BCUT2D eigenvalue weighted by atomic mass is 9.74. The number of carbonyl (C=O) groups is 1. The van der Waals surface area contributed by atoms with E-state index in [1.54, 1.807) is 20.8 Å². The maximum absolute atomic E-state index is 14.8. The first-order valence-corrected chi connectivity index (χ1v) is 9.44. The van der Waals surface area contributed by atoms with Crippen LogP contribution in [0.5, 0.6) is 0 Å². The summed E-state index contributed by atoms with van der Waals surface area (Å²) in [6.07, 6.45) is -8.70.